The van der Waals surface area contributed by atoms with E-state index in [-0.39, 0.29) is 0 Å². The fourth-order valence-electron chi connectivity index (χ4n) is 4.68. The Hall–Kier alpha value is -1.10. The molecule has 2 aromatic rings. The van der Waals surface area contributed by atoms with E-state index in [2.05, 4.69) is 64.6 Å². The van der Waals surface area contributed by atoms with Crippen LogP contribution in [0.4, 0.5) is 5.69 Å². The topological polar surface area (TPSA) is 15.3 Å². The molecule has 2 atom stereocenters. The Morgan fingerprint density at radius 3 is 2.88 bits per heavy atom. The summed E-state index contributed by atoms with van der Waals surface area (Å²) >= 11 is 3.87. The molecule has 0 radical (unpaired) electrons. The van der Waals surface area contributed by atoms with Gasteiger partial charge in [0.1, 0.15) is 0 Å². The second kappa shape index (κ2) is 6.57. The van der Waals surface area contributed by atoms with Crippen molar-refractivity contribution in [2.24, 2.45) is 0 Å². The van der Waals surface area contributed by atoms with Gasteiger partial charge in [0, 0.05) is 34.8 Å². The highest BCUT2D eigenvalue weighted by atomic mass is 32.2. The molecule has 0 aliphatic carbocycles. The number of nitrogens with one attached hydrogen (secondary N) is 1. The first kappa shape index (κ1) is 16.1. The number of hydrogen-bond acceptors (Lipinski definition) is 4. The molecule has 0 amide bonds. The molecule has 2 nitrogen and oxygen atoms in total. The van der Waals surface area contributed by atoms with Crippen LogP contribution in [0.15, 0.2) is 46.2 Å². The summed E-state index contributed by atoms with van der Waals surface area (Å²) in [5.74, 6) is 1.90. The number of anilines is 1. The molecular formula is C21H24N2S2. The number of benzene rings is 2. The van der Waals surface area contributed by atoms with E-state index in [0.717, 1.165) is 13.1 Å². The van der Waals surface area contributed by atoms with Crippen molar-refractivity contribution in [2.45, 2.75) is 34.6 Å². The summed E-state index contributed by atoms with van der Waals surface area (Å²) in [4.78, 5) is 5.59. The second-order valence-corrected chi connectivity index (χ2v) is 9.22. The van der Waals surface area contributed by atoms with Crippen LogP contribution in [0, 0.1) is 0 Å². The van der Waals surface area contributed by atoms with Crippen LogP contribution in [-0.4, -0.2) is 37.7 Å². The minimum Gasteiger partial charge on any atom is -0.367 e. The Balaban J connectivity index is 1.63. The fourth-order valence-corrected chi connectivity index (χ4v) is 6.16. The number of rotatable bonds is 2. The third-order valence-corrected chi connectivity index (χ3v) is 7.72. The first-order valence-electron chi connectivity index (χ1n) is 9.27. The molecule has 130 valence electrons. The van der Waals surface area contributed by atoms with E-state index in [9.17, 15) is 0 Å². The van der Waals surface area contributed by atoms with Crippen LogP contribution < -0.4 is 10.2 Å². The smallest absolute Gasteiger partial charge is 0.0544 e. The van der Waals surface area contributed by atoms with E-state index in [1.165, 1.54) is 46.1 Å². The lowest BCUT2D eigenvalue weighted by Crippen LogP contribution is -2.44. The van der Waals surface area contributed by atoms with Crippen LogP contribution in [0.3, 0.4) is 0 Å². The maximum absolute atomic E-state index is 3.64. The van der Waals surface area contributed by atoms with Crippen LogP contribution in [0.5, 0.6) is 0 Å². The van der Waals surface area contributed by atoms with Crippen molar-refractivity contribution in [3.8, 4) is 11.1 Å². The van der Waals surface area contributed by atoms with Crippen LogP contribution >= 0.6 is 23.5 Å². The van der Waals surface area contributed by atoms with Gasteiger partial charge in [0.2, 0.25) is 0 Å². The molecule has 25 heavy (non-hydrogen) atoms. The molecule has 0 saturated carbocycles. The summed E-state index contributed by atoms with van der Waals surface area (Å²) in [5.41, 5.74) is 5.89. The molecule has 0 aromatic heterocycles. The van der Waals surface area contributed by atoms with Crippen LogP contribution in [0.2, 0.25) is 0 Å². The summed E-state index contributed by atoms with van der Waals surface area (Å²) < 4.78 is 0. The van der Waals surface area contributed by atoms with E-state index in [1.807, 2.05) is 11.8 Å². The minimum atomic E-state index is 0.659. The molecule has 1 N–H and O–H groups in total. The Morgan fingerprint density at radius 1 is 1.16 bits per heavy atom. The molecule has 4 heteroatoms. The second-order valence-electron chi connectivity index (χ2n) is 7.20. The molecule has 0 bridgehead atoms. The summed E-state index contributed by atoms with van der Waals surface area (Å²) in [7, 11) is 0. The molecule has 3 aliphatic rings. The van der Waals surface area contributed by atoms with Gasteiger partial charge in [0.25, 0.3) is 0 Å². The Kier molecular flexibility index (Phi) is 4.23. The normalized spacial score (nSPS) is 24.6. The maximum Gasteiger partial charge on any atom is 0.0544 e. The molecule has 0 spiro atoms. The highest BCUT2D eigenvalue weighted by molar-refractivity contribution is 7.99. The van der Waals surface area contributed by atoms with Gasteiger partial charge < -0.3 is 10.2 Å². The minimum absolute atomic E-state index is 0.659. The zero-order valence-corrected chi connectivity index (χ0v) is 16.3. The summed E-state index contributed by atoms with van der Waals surface area (Å²) in [6.45, 7) is 3.53. The van der Waals surface area contributed by atoms with E-state index in [0.29, 0.717) is 12.0 Å². The zero-order valence-electron chi connectivity index (χ0n) is 14.6. The summed E-state index contributed by atoms with van der Waals surface area (Å²) in [6, 6.07) is 14.7. The van der Waals surface area contributed by atoms with Crippen molar-refractivity contribution in [1.29, 1.82) is 0 Å². The van der Waals surface area contributed by atoms with Gasteiger partial charge >= 0.3 is 0 Å². The Bertz CT molecular complexity index is 787. The predicted molar refractivity (Wildman–Crippen MR) is 110 cm³/mol. The van der Waals surface area contributed by atoms with Crippen LogP contribution in [0.1, 0.15) is 24.3 Å². The van der Waals surface area contributed by atoms with Crippen molar-refractivity contribution in [3.63, 3.8) is 0 Å². The van der Waals surface area contributed by atoms with Gasteiger partial charge in [-0.05, 0) is 72.4 Å². The molecule has 1 fully saturated rings. The van der Waals surface area contributed by atoms with Gasteiger partial charge in [0.15, 0.2) is 0 Å². The zero-order chi connectivity index (χ0) is 16.8. The summed E-state index contributed by atoms with van der Waals surface area (Å²) in [6.07, 6.45) is 4.72. The van der Waals surface area contributed by atoms with E-state index in [4.69, 9.17) is 0 Å². The number of piperidine rings is 1. The lowest BCUT2D eigenvalue weighted by Gasteiger charge is -2.33. The van der Waals surface area contributed by atoms with Crippen molar-refractivity contribution in [3.05, 3.63) is 42.0 Å². The van der Waals surface area contributed by atoms with Crippen molar-refractivity contribution in [2.75, 3.05) is 36.5 Å². The molecule has 3 aliphatic heterocycles. The maximum atomic E-state index is 3.64. The first-order chi connectivity index (χ1) is 12.3. The van der Waals surface area contributed by atoms with Gasteiger partial charge in [0.05, 0.1) is 5.69 Å². The van der Waals surface area contributed by atoms with Gasteiger partial charge in [-0.25, -0.2) is 0 Å². The number of hydrogen-bond donors (Lipinski definition) is 1. The largest absolute Gasteiger partial charge is 0.367 e. The van der Waals surface area contributed by atoms with E-state index in [1.54, 1.807) is 11.3 Å². The lowest BCUT2D eigenvalue weighted by molar-refractivity contribution is 0.403. The fraction of sp³-hybridized carbons (Fsp3) is 0.429. The Morgan fingerprint density at radius 2 is 2.04 bits per heavy atom. The number of nitrogens with zero attached hydrogens (tertiary/aromatic N) is 1. The molecule has 5 rings (SSSR count). The monoisotopic (exact) mass is 368 g/mol. The summed E-state index contributed by atoms with van der Waals surface area (Å²) in [5, 5.41) is 3.64. The molecule has 1 saturated heterocycles. The molecule has 2 aromatic carbocycles. The SMILES string of the molecule is CSc1ccc(-c2cc3c4c(c2)C2CNCCC2N4CCCS3)cc1. The predicted octanol–water partition coefficient (Wildman–Crippen LogP) is 4.84. The van der Waals surface area contributed by atoms with Crippen molar-refractivity contribution in [1.82, 2.24) is 5.32 Å². The van der Waals surface area contributed by atoms with E-state index >= 15 is 0 Å². The third kappa shape index (κ3) is 2.70. The van der Waals surface area contributed by atoms with Gasteiger partial charge in [-0.15, -0.1) is 23.5 Å². The van der Waals surface area contributed by atoms with E-state index < -0.39 is 0 Å². The standard InChI is InChI=1S/C21H24N2S2/c1-24-16-5-3-14(4-6-16)15-11-17-18-13-22-8-7-19(18)23-9-2-10-25-20(12-15)21(17)23/h3-6,11-12,18-19,22H,2,7-10,13H2,1H3. The molecule has 2 unspecified atom stereocenters. The average Bonchev–Trinajstić information content (AvgIpc) is 2.83. The van der Waals surface area contributed by atoms with Gasteiger partial charge in [-0.2, -0.15) is 0 Å². The quantitative estimate of drug-likeness (QED) is 0.763. The van der Waals surface area contributed by atoms with Crippen molar-refractivity contribution >= 4 is 29.2 Å². The Labute approximate surface area is 158 Å². The third-order valence-electron chi connectivity index (χ3n) is 5.86. The highest BCUT2D eigenvalue weighted by Crippen LogP contribution is 2.51. The molecule has 3 heterocycles. The lowest BCUT2D eigenvalue weighted by atomic mass is 9.88. The van der Waals surface area contributed by atoms with Crippen molar-refractivity contribution < 1.29 is 0 Å². The molecular weight excluding hydrogens is 344 g/mol. The van der Waals surface area contributed by atoms with Crippen LogP contribution in [-0.2, 0) is 0 Å². The number of fused-ring (bicyclic) bond motifs is 3. The van der Waals surface area contributed by atoms with Gasteiger partial charge in [-0.3, -0.25) is 0 Å². The van der Waals surface area contributed by atoms with Gasteiger partial charge in [-0.1, -0.05) is 12.1 Å². The average molecular weight is 369 g/mol. The van der Waals surface area contributed by atoms with Crippen LogP contribution in [0.25, 0.3) is 11.1 Å². The first-order valence-corrected chi connectivity index (χ1v) is 11.5. The highest BCUT2D eigenvalue weighted by Gasteiger charge is 2.41. The number of thioether (sulfide) groups is 2.